The number of H-pyrrole nitrogens is 1. The monoisotopic (exact) mass is 709 g/mol. The molecule has 0 bridgehead atoms. The van der Waals surface area contributed by atoms with E-state index in [1.165, 1.54) is 0 Å². The van der Waals surface area contributed by atoms with Crippen LogP contribution in [-0.2, 0) is 16.0 Å². The molecule has 0 aliphatic carbocycles. The number of esters is 1. The smallest absolute Gasteiger partial charge is 0.325 e. The van der Waals surface area contributed by atoms with Crippen LogP contribution in [0.2, 0.25) is 5.02 Å². The maximum absolute atomic E-state index is 13.9. The molecule has 52 heavy (non-hydrogen) atoms. The number of imidazole rings is 1. The summed E-state index contributed by atoms with van der Waals surface area (Å²) in [5.74, 6) is 0.415. The van der Waals surface area contributed by atoms with Gasteiger partial charge in [-0.25, -0.2) is 4.98 Å². The van der Waals surface area contributed by atoms with Crippen molar-refractivity contribution in [3.8, 4) is 28.1 Å². The van der Waals surface area contributed by atoms with Crippen LogP contribution in [0.5, 0.6) is 0 Å². The standard InChI is InChI=1S/C41H36ClN7O3/c1-41(2,3)52-38(51)24-45-28-11-8-25(9-12-28)33-23-46-40(47-33)36-15-13-29-20-26(21-37(50)49(29)36)31-22-27(42)10-14-34(31)48-19-5-7-35(48)39-30(16-18-44-39)32-6-4-17-43-32/h4-12,14,16-23,36,45H,13,15,24H2,1-3H3,(H,46,47)/t36-/m0/s1. The summed E-state index contributed by atoms with van der Waals surface area (Å²) in [5, 5.41) is 3.69. The van der Waals surface area contributed by atoms with Gasteiger partial charge in [0, 0.05) is 52.2 Å². The zero-order valence-electron chi connectivity index (χ0n) is 28.9. The first-order valence-corrected chi connectivity index (χ1v) is 17.5. The van der Waals surface area contributed by atoms with Crippen LogP contribution in [0.3, 0.4) is 0 Å². The molecule has 0 unspecified atom stereocenters. The fourth-order valence-corrected chi connectivity index (χ4v) is 7.09. The number of fused-ring (bicyclic) bond motifs is 1. The highest BCUT2D eigenvalue weighted by Gasteiger charge is 2.29. The average molecular weight is 710 g/mol. The van der Waals surface area contributed by atoms with Gasteiger partial charge in [-0.15, -0.1) is 0 Å². The van der Waals surface area contributed by atoms with Crippen molar-refractivity contribution < 1.29 is 9.53 Å². The molecule has 6 heterocycles. The molecule has 2 N–H and O–H groups in total. The van der Waals surface area contributed by atoms with Crippen molar-refractivity contribution in [2.75, 3.05) is 11.9 Å². The van der Waals surface area contributed by atoms with E-state index in [4.69, 9.17) is 26.3 Å². The lowest BCUT2D eigenvalue weighted by Gasteiger charge is -2.19. The Labute approximate surface area is 305 Å². The molecular formula is C41H36ClN7O3. The van der Waals surface area contributed by atoms with E-state index >= 15 is 0 Å². The van der Waals surface area contributed by atoms with E-state index in [2.05, 4.69) is 25.9 Å². The molecule has 0 saturated carbocycles. The first kappa shape index (κ1) is 33.2. The minimum absolute atomic E-state index is 0.0784. The summed E-state index contributed by atoms with van der Waals surface area (Å²) in [6, 6.07) is 21.1. The predicted octanol–water partition coefficient (Wildman–Crippen LogP) is 7.85. The quantitative estimate of drug-likeness (QED) is 0.159. The van der Waals surface area contributed by atoms with Crippen LogP contribution in [0.15, 0.2) is 130 Å². The third-order valence-corrected chi connectivity index (χ3v) is 9.38. The topological polar surface area (TPSA) is 119 Å². The first-order chi connectivity index (χ1) is 25.1. The molecule has 0 amide bonds. The summed E-state index contributed by atoms with van der Waals surface area (Å²) in [6.07, 6.45) is 14.7. The Morgan fingerprint density at radius 1 is 1.06 bits per heavy atom. The van der Waals surface area contributed by atoms with Gasteiger partial charge >= 0.3 is 5.97 Å². The van der Waals surface area contributed by atoms with E-state index in [1.54, 1.807) is 24.7 Å². The second-order valence-corrected chi connectivity index (χ2v) is 14.3. The van der Waals surface area contributed by atoms with E-state index in [9.17, 15) is 9.59 Å². The molecule has 8 rings (SSSR count). The lowest BCUT2D eigenvalue weighted by molar-refractivity contribution is -0.152. The summed E-state index contributed by atoms with van der Waals surface area (Å²) >= 11 is 6.58. The van der Waals surface area contributed by atoms with Gasteiger partial charge in [0.15, 0.2) is 0 Å². The molecule has 5 aromatic rings. The molecule has 3 aliphatic heterocycles. The molecule has 2 aromatic carbocycles. The van der Waals surface area contributed by atoms with Crippen molar-refractivity contribution in [1.29, 1.82) is 0 Å². The van der Waals surface area contributed by atoms with Gasteiger partial charge in [0.1, 0.15) is 18.0 Å². The predicted molar refractivity (Wildman–Crippen MR) is 206 cm³/mol. The number of carbonyl (C=O) groups excluding carboxylic acids is 1. The lowest BCUT2D eigenvalue weighted by Crippen LogP contribution is -2.28. The number of allylic oxidation sites excluding steroid dienone is 4. The average Bonchev–Trinajstić information content (AvgIpc) is 3.96. The molecular weight excluding hydrogens is 674 g/mol. The van der Waals surface area contributed by atoms with E-state index < -0.39 is 5.60 Å². The Hall–Kier alpha value is -6.00. The molecule has 3 aromatic heterocycles. The maximum atomic E-state index is 13.9. The minimum Gasteiger partial charge on any atom is -0.459 e. The van der Waals surface area contributed by atoms with Crippen molar-refractivity contribution in [3.63, 3.8) is 0 Å². The number of aromatic amines is 1. The SMILES string of the molecule is CC(C)(C)OC(=O)CNc1ccc(-c2cnc([C@@H]3CCc4cc(-c5cc(Cl)ccc5-n5cccc5C5=NC=CC5=C5C=CC=N5)cc(=O)n43)[nH]2)cc1. The molecule has 260 valence electrons. The van der Waals surface area contributed by atoms with Gasteiger partial charge in [-0.3, -0.25) is 19.6 Å². The molecule has 3 aliphatic rings. The number of aryl methyl sites for hydroxylation is 1. The summed E-state index contributed by atoms with van der Waals surface area (Å²) in [7, 11) is 0. The molecule has 0 fully saturated rings. The van der Waals surface area contributed by atoms with Crippen LogP contribution in [0, 0.1) is 0 Å². The number of carbonyl (C=O) groups is 1. The third-order valence-electron chi connectivity index (χ3n) is 9.15. The van der Waals surface area contributed by atoms with Crippen molar-refractivity contribution in [2.45, 2.75) is 45.3 Å². The number of aliphatic imine (C=N–C) groups is 2. The molecule has 0 saturated heterocycles. The largest absolute Gasteiger partial charge is 0.459 e. The van der Waals surface area contributed by atoms with Gasteiger partial charge in [-0.2, -0.15) is 0 Å². The minimum atomic E-state index is -0.531. The number of rotatable bonds is 8. The first-order valence-electron chi connectivity index (χ1n) is 17.2. The fraction of sp³-hybridized carbons (Fsp3) is 0.195. The second kappa shape index (κ2) is 13.3. The normalized spacial score (nSPS) is 17.5. The second-order valence-electron chi connectivity index (χ2n) is 13.9. The number of ether oxygens (including phenoxy) is 1. The van der Waals surface area contributed by atoms with E-state index in [0.29, 0.717) is 5.02 Å². The van der Waals surface area contributed by atoms with Crippen molar-refractivity contribution in [1.82, 2.24) is 19.1 Å². The van der Waals surface area contributed by atoms with Crippen molar-refractivity contribution >= 4 is 35.2 Å². The Balaban J connectivity index is 1.05. The zero-order valence-corrected chi connectivity index (χ0v) is 29.7. The third kappa shape index (κ3) is 6.49. The number of hydrogen-bond donors (Lipinski definition) is 2. The highest BCUT2D eigenvalue weighted by molar-refractivity contribution is 6.31. The van der Waals surface area contributed by atoms with Crippen LogP contribution in [0.25, 0.3) is 28.1 Å². The van der Waals surface area contributed by atoms with Crippen LogP contribution in [0.4, 0.5) is 5.69 Å². The summed E-state index contributed by atoms with van der Waals surface area (Å²) in [6.45, 7) is 5.61. The number of anilines is 1. The van der Waals surface area contributed by atoms with E-state index in [0.717, 1.165) is 80.8 Å². The van der Waals surface area contributed by atoms with Crippen molar-refractivity contribution in [2.24, 2.45) is 9.98 Å². The van der Waals surface area contributed by atoms with Gasteiger partial charge < -0.3 is 24.2 Å². The Morgan fingerprint density at radius 3 is 2.69 bits per heavy atom. The molecule has 1 atom stereocenters. The highest BCUT2D eigenvalue weighted by Crippen LogP contribution is 2.36. The highest BCUT2D eigenvalue weighted by atomic mass is 35.5. The number of hydrogen-bond acceptors (Lipinski definition) is 7. The van der Waals surface area contributed by atoms with Crippen LogP contribution < -0.4 is 10.9 Å². The summed E-state index contributed by atoms with van der Waals surface area (Å²) in [5.41, 5.74) is 8.96. The Morgan fingerprint density at radius 2 is 1.90 bits per heavy atom. The summed E-state index contributed by atoms with van der Waals surface area (Å²) in [4.78, 5) is 43.4. The molecule has 11 heteroatoms. The molecule has 0 spiro atoms. The number of nitrogens with one attached hydrogen (secondary N) is 2. The Kier molecular flexibility index (Phi) is 8.47. The van der Waals surface area contributed by atoms with Gasteiger partial charge in [-0.1, -0.05) is 23.7 Å². The number of nitrogens with zero attached hydrogens (tertiary/aromatic N) is 5. The number of aromatic nitrogens is 4. The van der Waals surface area contributed by atoms with Gasteiger partial charge in [0.05, 0.1) is 40.7 Å². The van der Waals surface area contributed by atoms with Gasteiger partial charge in [-0.05, 0) is 111 Å². The number of benzene rings is 2. The van der Waals surface area contributed by atoms with E-state index in [1.807, 2.05) is 104 Å². The number of pyridine rings is 1. The van der Waals surface area contributed by atoms with Gasteiger partial charge in [0.2, 0.25) is 0 Å². The van der Waals surface area contributed by atoms with Gasteiger partial charge in [0.25, 0.3) is 5.56 Å². The lowest BCUT2D eigenvalue weighted by atomic mass is 10.0. The summed E-state index contributed by atoms with van der Waals surface area (Å²) < 4.78 is 9.30. The van der Waals surface area contributed by atoms with Crippen LogP contribution >= 0.6 is 11.6 Å². The zero-order chi connectivity index (χ0) is 36.0. The van der Waals surface area contributed by atoms with E-state index in [-0.39, 0.29) is 24.1 Å². The Bertz CT molecular complexity index is 2420. The number of halogens is 1. The fourth-order valence-electron chi connectivity index (χ4n) is 6.92. The maximum Gasteiger partial charge on any atom is 0.325 e. The van der Waals surface area contributed by atoms with Crippen LogP contribution in [-0.4, -0.2) is 49.1 Å². The molecule has 0 radical (unpaired) electrons. The van der Waals surface area contributed by atoms with Crippen LogP contribution in [0.1, 0.15) is 50.4 Å². The molecule has 10 nitrogen and oxygen atoms in total. The van der Waals surface area contributed by atoms with Crippen molar-refractivity contribution in [3.05, 3.63) is 147 Å².